The lowest BCUT2D eigenvalue weighted by molar-refractivity contribution is -0.186. The summed E-state index contributed by atoms with van der Waals surface area (Å²) >= 11 is 5.84. The fraction of sp³-hybridized carbons (Fsp3) is 0.385. The maximum absolute atomic E-state index is 13.9. The first kappa shape index (κ1) is 27.7. The Bertz CT molecular complexity index is 1420. The van der Waals surface area contributed by atoms with Crippen molar-refractivity contribution < 1.29 is 41.5 Å². The molecule has 2 fully saturated rings. The van der Waals surface area contributed by atoms with E-state index in [4.69, 9.17) is 16.3 Å². The van der Waals surface area contributed by atoms with Gasteiger partial charge in [-0.15, -0.1) is 0 Å². The molecule has 0 unspecified atom stereocenters. The van der Waals surface area contributed by atoms with Gasteiger partial charge in [0.15, 0.2) is 0 Å². The Kier molecular flexibility index (Phi) is 6.89. The molecule has 2 N–H and O–H groups in total. The average Bonchev–Trinajstić information content (AvgIpc) is 3.57. The number of amides is 5. The third-order valence-corrected chi connectivity index (χ3v) is 7.81. The van der Waals surface area contributed by atoms with Gasteiger partial charge in [0.25, 0.3) is 5.91 Å². The lowest BCUT2D eigenvalue weighted by Crippen LogP contribution is -2.50. The number of likely N-dealkylation sites (tertiary alicyclic amines) is 1. The van der Waals surface area contributed by atoms with Crippen molar-refractivity contribution in [2.24, 2.45) is 0 Å². The maximum Gasteiger partial charge on any atom is 0.418 e. The highest BCUT2D eigenvalue weighted by Crippen LogP contribution is 2.47. The molecular weight excluding hydrogens is 560 g/mol. The molecule has 2 saturated heterocycles. The highest BCUT2D eigenvalue weighted by molar-refractivity contribution is 6.30. The van der Waals surface area contributed by atoms with E-state index in [0.717, 1.165) is 12.1 Å². The van der Waals surface area contributed by atoms with E-state index in [0.29, 0.717) is 33.0 Å². The van der Waals surface area contributed by atoms with Crippen LogP contribution in [0.4, 0.5) is 32.8 Å². The number of urea groups is 1. The minimum atomic E-state index is -4.78. The van der Waals surface area contributed by atoms with Crippen LogP contribution in [0.3, 0.4) is 0 Å². The first-order chi connectivity index (χ1) is 18.9. The van der Waals surface area contributed by atoms with Crippen LogP contribution in [0.5, 0.6) is 0 Å². The van der Waals surface area contributed by atoms with Gasteiger partial charge in [0.2, 0.25) is 11.5 Å². The Morgan fingerprint density at radius 1 is 1.15 bits per heavy atom. The van der Waals surface area contributed by atoms with Crippen molar-refractivity contribution in [1.82, 2.24) is 15.1 Å². The number of nitrogens with one attached hydrogen (secondary N) is 2. The number of anilines is 1. The molecule has 5 rings (SSSR count). The van der Waals surface area contributed by atoms with E-state index >= 15 is 0 Å². The van der Waals surface area contributed by atoms with E-state index in [1.807, 2.05) is 0 Å². The van der Waals surface area contributed by atoms with Crippen molar-refractivity contribution in [3.63, 3.8) is 0 Å². The SMILES string of the molecule is CNC(=O)Nc1ccc2c(c1)CC[C@@]21OC(=O)N(CC(=O)N2[C@H](c3ccc(F)c(Cl)c3)CC[C@@H]2C(F)(F)F)C1=O. The van der Waals surface area contributed by atoms with Crippen LogP contribution in [0.2, 0.25) is 5.02 Å². The number of carbonyl (C=O) groups is 4. The van der Waals surface area contributed by atoms with Gasteiger partial charge in [0.1, 0.15) is 18.4 Å². The quantitative estimate of drug-likeness (QED) is 0.511. The molecule has 0 radical (unpaired) electrons. The summed E-state index contributed by atoms with van der Waals surface area (Å²) in [4.78, 5) is 52.5. The number of ether oxygens (including phenoxy) is 1. The zero-order chi connectivity index (χ0) is 29.0. The Balaban J connectivity index is 1.40. The Hall–Kier alpha value is -3.87. The van der Waals surface area contributed by atoms with Gasteiger partial charge in [0, 0.05) is 24.7 Å². The first-order valence-corrected chi connectivity index (χ1v) is 12.7. The number of aryl methyl sites for hydroxylation is 1. The van der Waals surface area contributed by atoms with Gasteiger partial charge in [-0.2, -0.15) is 13.2 Å². The predicted octanol–water partition coefficient (Wildman–Crippen LogP) is 4.65. The molecule has 212 valence electrons. The topological polar surface area (TPSA) is 108 Å². The summed E-state index contributed by atoms with van der Waals surface area (Å²) in [7, 11) is 1.44. The zero-order valence-corrected chi connectivity index (χ0v) is 21.7. The molecule has 9 nitrogen and oxygen atoms in total. The number of hydrogen-bond acceptors (Lipinski definition) is 5. The van der Waals surface area contributed by atoms with E-state index < -0.39 is 66.6 Å². The summed E-state index contributed by atoms with van der Waals surface area (Å²) in [5, 5.41) is 4.70. The van der Waals surface area contributed by atoms with Crippen LogP contribution in [-0.2, 0) is 26.3 Å². The van der Waals surface area contributed by atoms with Crippen LogP contribution in [0.15, 0.2) is 36.4 Å². The minimum absolute atomic E-state index is 0.0621. The lowest BCUT2D eigenvalue weighted by atomic mass is 9.94. The minimum Gasteiger partial charge on any atom is -0.427 e. The second-order valence-corrected chi connectivity index (χ2v) is 10.2. The fourth-order valence-corrected chi connectivity index (χ4v) is 5.86. The number of alkyl halides is 3. The highest BCUT2D eigenvalue weighted by atomic mass is 35.5. The van der Waals surface area contributed by atoms with Crippen molar-refractivity contribution >= 4 is 41.2 Å². The van der Waals surface area contributed by atoms with Crippen molar-refractivity contribution in [1.29, 1.82) is 0 Å². The summed E-state index contributed by atoms with van der Waals surface area (Å²) in [6.07, 6.45) is -6.06. The van der Waals surface area contributed by atoms with E-state index in [1.54, 1.807) is 6.07 Å². The normalized spacial score (nSPS) is 23.9. The molecule has 2 heterocycles. The summed E-state index contributed by atoms with van der Waals surface area (Å²) < 4.78 is 61.0. The first-order valence-electron chi connectivity index (χ1n) is 12.4. The molecule has 0 bridgehead atoms. The summed E-state index contributed by atoms with van der Waals surface area (Å²) in [6.45, 7) is -0.969. The third-order valence-electron chi connectivity index (χ3n) is 7.52. The Morgan fingerprint density at radius 3 is 2.58 bits per heavy atom. The van der Waals surface area contributed by atoms with Crippen LogP contribution in [0.25, 0.3) is 0 Å². The maximum atomic E-state index is 13.9. The monoisotopic (exact) mass is 582 g/mol. The molecule has 1 aliphatic carbocycles. The van der Waals surface area contributed by atoms with Crippen LogP contribution in [-0.4, -0.2) is 59.5 Å². The third kappa shape index (κ3) is 4.61. The fourth-order valence-electron chi connectivity index (χ4n) is 5.67. The van der Waals surface area contributed by atoms with Crippen LogP contribution in [0, 0.1) is 5.82 Å². The number of fused-ring (bicyclic) bond motifs is 2. The van der Waals surface area contributed by atoms with E-state index in [1.165, 1.54) is 25.2 Å². The van der Waals surface area contributed by atoms with Gasteiger partial charge in [-0.25, -0.2) is 18.9 Å². The molecule has 2 aromatic rings. The molecule has 40 heavy (non-hydrogen) atoms. The lowest BCUT2D eigenvalue weighted by Gasteiger charge is -2.32. The molecule has 3 aliphatic rings. The van der Waals surface area contributed by atoms with Crippen LogP contribution >= 0.6 is 11.6 Å². The number of benzene rings is 2. The van der Waals surface area contributed by atoms with Crippen LogP contribution in [0.1, 0.15) is 42.0 Å². The standard InChI is InChI=1S/C26H23ClF4N4O5/c1-32-23(38)33-15-3-4-16-13(10-15)8-9-25(16)22(37)34(24(39)40-25)12-21(36)35-19(6-7-20(35)26(29,30)31)14-2-5-18(28)17(27)11-14/h2-5,10-11,19-20H,6-9,12H2,1H3,(H2,32,33,38)/t19-,20+,25+/m0/s1. The molecule has 2 aromatic carbocycles. The molecule has 2 aliphatic heterocycles. The number of nitrogens with zero attached hydrogens (tertiary/aromatic N) is 2. The Labute approximate surface area is 230 Å². The van der Waals surface area contributed by atoms with Crippen LogP contribution < -0.4 is 10.6 Å². The molecular formula is C26H23ClF4N4O5. The molecule has 0 aromatic heterocycles. The summed E-state index contributed by atoms with van der Waals surface area (Å²) in [6, 6.07) is 4.36. The van der Waals surface area contributed by atoms with Gasteiger partial charge in [0.05, 0.1) is 11.1 Å². The molecule has 14 heteroatoms. The van der Waals surface area contributed by atoms with E-state index in [9.17, 15) is 36.7 Å². The molecule has 5 amide bonds. The van der Waals surface area contributed by atoms with Crippen molar-refractivity contribution in [3.05, 3.63) is 63.9 Å². The Morgan fingerprint density at radius 2 is 1.90 bits per heavy atom. The van der Waals surface area contributed by atoms with Gasteiger partial charge in [-0.05, 0) is 54.7 Å². The second kappa shape index (κ2) is 9.95. The van der Waals surface area contributed by atoms with Crippen molar-refractivity contribution in [3.8, 4) is 0 Å². The van der Waals surface area contributed by atoms with Crippen molar-refractivity contribution in [2.75, 3.05) is 18.9 Å². The van der Waals surface area contributed by atoms with E-state index in [2.05, 4.69) is 10.6 Å². The summed E-state index contributed by atoms with van der Waals surface area (Å²) in [5.41, 5.74) is -0.0804. The average molecular weight is 583 g/mol. The predicted molar refractivity (Wildman–Crippen MR) is 133 cm³/mol. The largest absolute Gasteiger partial charge is 0.427 e. The molecule has 0 saturated carbocycles. The van der Waals surface area contributed by atoms with Crippen molar-refractivity contribution in [2.45, 2.75) is 49.5 Å². The number of carbonyl (C=O) groups excluding carboxylic acids is 4. The van der Waals surface area contributed by atoms with Gasteiger partial charge >= 0.3 is 18.3 Å². The number of rotatable bonds is 4. The van der Waals surface area contributed by atoms with Gasteiger partial charge < -0.3 is 20.3 Å². The zero-order valence-electron chi connectivity index (χ0n) is 21.0. The molecule has 3 atom stereocenters. The van der Waals surface area contributed by atoms with E-state index in [-0.39, 0.29) is 23.4 Å². The smallest absolute Gasteiger partial charge is 0.418 e. The number of hydrogen-bond donors (Lipinski definition) is 2. The van der Waals surface area contributed by atoms with Gasteiger partial charge in [-0.3, -0.25) is 9.59 Å². The van der Waals surface area contributed by atoms with Gasteiger partial charge in [-0.1, -0.05) is 23.7 Å². The number of halogens is 5. The number of imide groups is 1. The highest BCUT2D eigenvalue weighted by Gasteiger charge is 2.59. The molecule has 1 spiro atoms. The second-order valence-electron chi connectivity index (χ2n) is 9.79. The summed E-state index contributed by atoms with van der Waals surface area (Å²) in [5.74, 6) is -2.74.